The van der Waals surface area contributed by atoms with Crippen molar-refractivity contribution in [2.75, 3.05) is 0 Å². The van der Waals surface area contributed by atoms with Crippen LogP contribution in [0.3, 0.4) is 0 Å². The molecule has 0 heterocycles. The first kappa shape index (κ1) is 20.1. The molecule has 0 bridgehead atoms. The summed E-state index contributed by atoms with van der Waals surface area (Å²) in [6.45, 7) is 0. The molecule has 4 heteroatoms. The molecule has 0 spiro atoms. The van der Waals surface area contributed by atoms with Crippen LogP contribution >= 0.6 is 8.60 Å². The van der Waals surface area contributed by atoms with Crippen molar-refractivity contribution in [1.82, 2.24) is 0 Å². The molecule has 3 saturated carbocycles. The molecule has 3 nitrogen and oxygen atoms in total. The van der Waals surface area contributed by atoms with Crippen molar-refractivity contribution < 1.29 is 13.6 Å². The van der Waals surface area contributed by atoms with Gasteiger partial charge in [0, 0.05) is 0 Å². The summed E-state index contributed by atoms with van der Waals surface area (Å²) < 4.78 is 19.4. The molecule has 0 aromatic heterocycles. The second-order valence-electron chi connectivity index (χ2n) is 8.38. The first-order valence-electron chi connectivity index (χ1n) is 11.2. The highest BCUT2D eigenvalue weighted by atomic mass is 31.2. The normalized spacial score (nSPS) is 26.3. The third-order valence-corrected chi connectivity index (χ3v) is 7.52. The Morgan fingerprint density at radius 1 is 0.360 bits per heavy atom. The lowest BCUT2D eigenvalue weighted by Gasteiger charge is -2.28. The predicted molar refractivity (Wildman–Crippen MR) is 105 cm³/mol. The molecule has 0 aromatic carbocycles. The smallest absolute Gasteiger partial charge is 0.309 e. The largest absolute Gasteiger partial charge is 0.333 e. The summed E-state index contributed by atoms with van der Waals surface area (Å²) >= 11 is 0. The minimum atomic E-state index is -1.16. The summed E-state index contributed by atoms with van der Waals surface area (Å²) in [7, 11) is -1.16. The van der Waals surface area contributed by atoms with E-state index in [2.05, 4.69) is 0 Å². The van der Waals surface area contributed by atoms with E-state index in [9.17, 15) is 0 Å². The fraction of sp³-hybridized carbons (Fsp3) is 1.00. The van der Waals surface area contributed by atoms with Crippen LogP contribution in [0.5, 0.6) is 0 Å². The molecule has 0 amide bonds. The zero-order valence-electron chi connectivity index (χ0n) is 16.1. The van der Waals surface area contributed by atoms with Crippen molar-refractivity contribution >= 4 is 8.60 Å². The van der Waals surface area contributed by atoms with Gasteiger partial charge in [-0.25, -0.2) is 0 Å². The topological polar surface area (TPSA) is 27.7 Å². The maximum absolute atomic E-state index is 6.48. The van der Waals surface area contributed by atoms with Gasteiger partial charge < -0.3 is 13.6 Å². The summed E-state index contributed by atoms with van der Waals surface area (Å²) in [4.78, 5) is 0. The van der Waals surface area contributed by atoms with Crippen LogP contribution in [0.25, 0.3) is 0 Å². The second-order valence-corrected chi connectivity index (χ2v) is 9.46. The molecule has 0 aliphatic heterocycles. The lowest BCUT2D eigenvalue weighted by molar-refractivity contribution is 0.0527. The van der Waals surface area contributed by atoms with E-state index in [1.165, 1.54) is 116 Å². The average Bonchev–Trinajstić information content (AvgIpc) is 3.11. The van der Waals surface area contributed by atoms with Crippen LogP contribution in [0.4, 0.5) is 0 Å². The van der Waals surface area contributed by atoms with Gasteiger partial charge in [-0.2, -0.15) is 0 Å². The number of hydrogen-bond donors (Lipinski definition) is 0. The summed E-state index contributed by atoms with van der Waals surface area (Å²) in [5.74, 6) is 0. The summed E-state index contributed by atoms with van der Waals surface area (Å²) in [5, 5.41) is 0. The zero-order chi connectivity index (χ0) is 17.2. The Kier molecular flexibility index (Phi) is 9.55. The minimum Gasteiger partial charge on any atom is -0.309 e. The highest BCUT2D eigenvalue weighted by Crippen LogP contribution is 2.48. The Morgan fingerprint density at radius 2 is 0.600 bits per heavy atom. The van der Waals surface area contributed by atoms with Gasteiger partial charge in [-0.1, -0.05) is 77.0 Å². The molecular formula is C21H39O3P. The molecule has 0 atom stereocenters. The van der Waals surface area contributed by atoms with E-state index in [0.717, 1.165) is 0 Å². The predicted octanol–water partition coefficient (Wildman–Crippen LogP) is 7.43. The van der Waals surface area contributed by atoms with Gasteiger partial charge in [-0.3, -0.25) is 0 Å². The van der Waals surface area contributed by atoms with Crippen molar-refractivity contribution in [2.24, 2.45) is 0 Å². The first-order valence-corrected chi connectivity index (χ1v) is 12.3. The van der Waals surface area contributed by atoms with E-state index in [1.54, 1.807) is 0 Å². The molecule has 3 rings (SSSR count). The van der Waals surface area contributed by atoms with Crippen LogP contribution in [0, 0.1) is 0 Å². The van der Waals surface area contributed by atoms with Crippen LogP contribution in [-0.4, -0.2) is 18.3 Å². The lowest BCUT2D eigenvalue weighted by Crippen LogP contribution is -2.18. The molecule has 0 saturated heterocycles. The number of hydrogen-bond acceptors (Lipinski definition) is 3. The molecule has 0 unspecified atom stereocenters. The first-order chi connectivity index (χ1) is 12.4. The van der Waals surface area contributed by atoms with Crippen molar-refractivity contribution in [1.29, 1.82) is 0 Å². The fourth-order valence-electron chi connectivity index (χ4n) is 4.48. The van der Waals surface area contributed by atoms with E-state index < -0.39 is 8.60 Å². The van der Waals surface area contributed by atoms with E-state index in [0.29, 0.717) is 18.3 Å². The van der Waals surface area contributed by atoms with Crippen molar-refractivity contribution in [3.63, 3.8) is 0 Å². The van der Waals surface area contributed by atoms with Gasteiger partial charge in [-0.15, -0.1) is 0 Å². The highest BCUT2D eigenvalue weighted by molar-refractivity contribution is 7.41. The van der Waals surface area contributed by atoms with E-state index in [4.69, 9.17) is 13.6 Å². The van der Waals surface area contributed by atoms with Gasteiger partial charge in [-0.05, 0) is 38.5 Å². The number of rotatable bonds is 6. The SMILES string of the molecule is C1CCCC(OP(OC2CCCCCC2)OC2CCCCCC2)CC1. The van der Waals surface area contributed by atoms with E-state index in [1.807, 2.05) is 0 Å². The van der Waals surface area contributed by atoms with Gasteiger partial charge in [0.15, 0.2) is 0 Å². The van der Waals surface area contributed by atoms with E-state index >= 15 is 0 Å². The van der Waals surface area contributed by atoms with Gasteiger partial charge in [0.2, 0.25) is 0 Å². The minimum absolute atomic E-state index is 0.366. The Hall–Kier alpha value is 0.310. The Labute approximate surface area is 156 Å². The molecule has 0 radical (unpaired) electrons. The van der Waals surface area contributed by atoms with Crippen LogP contribution in [0.2, 0.25) is 0 Å². The van der Waals surface area contributed by atoms with Crippen LogP contribution < -0.4 is 0 Å². The molecule has 3 aliphatic carbocycles. The standard InChI is InChI=1S/C21H39O3P/c1-2-8-14-19(13-7-1)22-25(23-20-15-9-3-4-10-16-20)24-21-17-11-5-6-12-18-21/h19-21H,1-18H2. The molecule has 3 aliphatic rings. The van der Waals surface area contributed by atoms with Crippen molar-refractivity contribution in [3.05, 3.63) is 0 Å². The molecule has 3 fully saturated rings. The van der Waals surface area contributed by atoms with E-state index in [-0.39, 0.29) is 0 Å². The van der Waals surface area contributed by atoms with Crippen LogP contribution in [0.15, 0.2) is 0 Å². The van der Waals surface area contributed by atoms with Gasteiger partial charge in [0.25, 0.3) is 0 Å². The van der Waals surface area contributed by atoms with Crippen molar-refractivity contribution in [3.8, 4) is 0 Å². The Balaban J connectivity index is 1.54. The second kappa shape index (κ2) is 11.9. The zero-order valence-corrected chi connectivity index (χ0v) is 17.0. The molecular weight excluding hydrogens is 331 g/mol. The van der Waals surface area contributed by atoms with Crippen LogP contribution in [0.1, 0.15) is 116 Å². The van der Waals surface area contributed by atoms with Gasteiger partial charge in [0.05, 0.1) is 18.3 Å². The summed E-state index contributed by atoms with van der Waals surface area (Å²) in [6.07, 6.45) is 24.3. The molecule has 0 aromatic rings. The van der Waals surface area contributed by atoms with Crippen LogP contribution in [-0.2, 0) is 13.6 Å². The van der Waals surface area contributed by atoms with Gasteiger partial charge >= 0.3 is 8.60 Å². The van der Waals surface area contributed by atoms with Crippen molar-refractivity contribution in [2.45, 2.75) is 134 Å². The monoisotopic (exact) mass is 370 g/mol. The Bertz CT molecular complexity index is 276. The third-order valence-electron chi connectivity index (χ3n) is 6.11. The molecule has 146 valence electrons. The maximum atomic E-state index is 6.48. The quantitative estimate of drug-likeness (QED) is 0.359. The highest BCUT2D eigenvalue weighted by Gasteiger charge is 2.28. The fourth-order valence-corrected chi connectivity index (χ4v) is 5.99. The Morgan fingerprint density at radius 3 is 0.840 bits per heavy atom. The summed E-state index contributed by atoms with van der Waals surface area (Å²) in [6, 6.07) is 0. The summed E-state index contributed by atoms with van der Waals surface area (Å²) in [5.41, 5.74) is 0. The maximum Gasteiger partial charge on any atom is 0.333 e. The van der Waals surface area contributed by atoms with Gasteiger partial charge in [0.1, 0.15) is 0 Å². The molecule has 0 N–H and O–H groups in total. The third kappa shape index (κ3) is 7.83. The molecule has 25 heavy (non-hydrogen) atoms. The average molecular weight is 371 g/mol. The lowest BCUT2D eigenvalue weighted by atomic mass is 10.2.